The molecule has 0 atom stereocenters. The summed E-state index contributed by atoms with van der Waals surface area (Å²) in [5.74, 6) is 0.820. The van der Waals surface area contributed by atoms with Crippen molar-refractivity contribution in [2.45, 2.75) is 12.8 Å². The van der Waals surface area contributed by atoms with E-state index >= 15 is 0 Å². The van der Waals surface area contributed by atoms with E-state index < -0.39 is 0 Å². The zero-order valence-electron chi connectivity index (χ0n) is 14.2. The molecule has 132 valence electrons. The fourth-order valence-electron chi connectivity index (χ4n) is 3.10. The fraction of sp³-hybridized carbons (Fsp3) is 0.0952. The first-order chi connectivity index (χ1) is 13.3. The number of benzene rings is 1. The molecule has 0 spiro atoms. The van der Waals surface area contributed by atoms with Crippen LogP contribution < -0.4 is 0 Å². The molecular formula is C21H14N2O2S2. The molecule has 0 amide bonds. The summed E-state index contributed by atoms with van der Waals surface area (Å²) in [5.41, 5.74) is 3.56. The number of aromatic nitrogens is 2. The van der Waals surface area contributed by atoms with Crippen LogP contribution in [0.25, 0.3) is 27.4 Å². The third-order valence-corrected chi connectivity index (χ3v) is 6.44. The van der Waals surface area contributed by atoms with Crippen molar-refractivity contribution in [1.82, 2.24) is 9.97 Å². The number of hydrogen-bond acceptors (Lipinski definition) is 6. The SMILES string of the molecule is O=C1C(=Cc2csc(-c3ccco3)n2)CCc2nc(-c3ccccc3)sc21. The quantitative estimate of drug-likeness (QED) is 0.419. The third kappa shape index (κ3) is 3.07. The number of allylic oxidation sites excluding steroid dienone is 1. The Morgan fingerprint density at radius 2 is 1.89 bits per heavy atom. The van der Waals surface area contributed by atoms with Crippen LogP contribution in [0.15, 0.2) is 64.1 Å². The predicted octanol–water partition coefficient (Wildman–Crippen LogP) is 5.74. The molecule has 3 heterocycles. The minimum absolute atomic E-state index is 0.0727. The van der Waals surface area contributed by atoms with Crippen molar-refractivity contribution < 1.29 is 9.21 Å². The predicted molar refractivity (Wildman–Crippen MR) is 108 cm³/mol. The summed E-state index contributed by atoms with van der Waals surface area (Å²) in [6.45, 7) is 0. The molecule has 1 aromatic carbocycles. The van der Waals surface area contributed by atoms with Gasteiger partial charge in [0.25, 0.3) is 0 Å². The smallest absolute Gasteiger partial charge is 0.200 e. The number of fused-ring (bicyclic) bond motifs is 1. The van der Waals surface area contributed by atoms with E-state index in [1.165, 1.54) is 22.7 Å². The van der Waals surface area contributed by atoms with Crippen LogP contribution in [0, 0.1) is 0 Å². The van der Waals surface area contributed by atoms with E-state index in [1.54, 1.807) is 6.26 Å². The molecule has 1 aliphatic rings. The number of Topliss-reactive ketones (excluding diaryl/α,β-unsaturated/α-hetero) is 1. The van der Waals surface area contributed by atoms with Crippen molar-refractivity contribution in [3.05, 3.63) is 75.9 Å². The van der Waals surface area contributed by atoms with Crippen LogP contribution in [0.1, 0.15) is 27.5 Å². The maximum Gasteiger partial charge on any atom is 0.200 e. The number of aryl methyl sites for hydroxylation is 1. The second-order valence-electron chi connectivity index (χ2n) is 6.21. The maximum atomic E-state index is 13.0. The molecule has 0 saturated carbocycles. The van der Waals surface area contributed by atoms with Crippen molar-refractivity contribution >= 4 is 34.5 Å². The summed E-state index contributed by atoms with van der Waals surface area (Å²) in [4.78, 5) is 23.0. The Balaban J connectivity index is 1.45. The Labute approximate surface area is 163 Å². The van der Waals surface area contributed by atoms with E-state index in [2.05, 4.69) is 4.98 Å². The Kier molecular flexibility index (Phi) is 4.07. The van der Waals surface area contributed by atoms with Gasteiger partial charge in [0.15, 0.2) is 10.8 Å². The topological polar surface area (TPSA) is 56.0 Å². The highest BCUT2D eigenvalue weighted by Crippen LogP contribution is 2.35. The second kappa shape index (κ2) is 6.72. The average Bonchev–Trinajstić information content (AvgIpc) is 3.45. The zero-order valence-corrected chi connectivity index (χ0v) is 15.8. The molecule has 0 fully saturated rings. The molecule has 3 aromatic heterocycles. The van der Waals surface area contributed by atoms with E-state index in [9.17, 15) is 4.79 Å². The molecule has 4 aromatic rings. The van der Waals surface area contributed by atoms with Gasteiger partial charge in [0, 0.05) is 16.5 Å². The summed E-state index contributed by atoms with van der Waals surface area (Å²) < 4.78 is 5.39. The van der Waals surface area contributed by atoms with Crippen LogP contribution in [-0.4, -0.2) is 15.8 Å². The highest BCUT2D eigenvalue weighted by atomic mass is 32.1. The van der Waals surface area contributed by atoms with Gasteiger partial charge in [0.2, 0.25) is 5.78 Å². The average molecular weight is 390 g/mol. The summed E-state index contributed by atoms with van der Waals surface area (Å²) in [6, 6.07) is 13.7. The van der Waals surface area contributed by atoms with Crippen molar-refractivity contribution in [2.24, 2.45) is 0 Å². The van der Waals surface area contributed by atoms with E-state index in [1.807, 2.05) is 53.9 Å². The van der Waals surface area contributed by atoms with E-state index in [0.29, 0.717) is 6.42 Å². The van der Waals surface area contributed by atoms with Crippen molar-refractivity contribution in [1.29, 1.82) is 0 Å². The molecule has 0 radical (unpaired) electrons. The molecule has 1 aliphatic carbocycles. The van der Waals surface area contributed by atoms with Gasteiger partial charge in [0.05, 0.1) is 22.5 Å². The maximum absolute atomic E-state index is 13.0. The van der Waals surface area contributed by atoms with Crippen molar-refractivity contribution in [2.75, 3.05) is 0 Å². The first-order valence-electron chi connectivity index (χ1n) is 8.58. The summed E-state index contributed by atoms with van der Waals surface area (Å²) in [7, 11) is 0. The zero-order chi connectivity index (χ0) is 18.2. The van der Waals surface area contributed by atoms with Crippen LogP contribution in [-0.2, 0) is 6.42 Å². The monoisotopic (exact) mass is 390 g/mol. The molecular weight excluding hydrogens is 376 g/mol. The number of nitrogens with zero attached hydrogens (tertiary/aromatic N) is 2. The third-order valence-electron chi connectivity index (χ3n) is 4.42. The number of ketones is 1. The van der Waals surface area contributed by atoms with Crippen LogP contribution in [0.2, 0.25) is 0 Å². The first kappa shape index (κ1) is 16.4. The number of hydrogen-bond donors (Lipinski definition) is 0. The van der Waals surface area contributed by atoms with E-state index in [4.69, 9.17) is 9.40 Å². The van der Waals surface area contributed by atoms with Crippen LogP contribution >= 0.6 is 22.7 Å². The molecule has 0 unspecified atom stereocenters. The summed E-state index contributed by atoms with van der Waals surface area (Å²) in [5, 5.41) is 3.68. The second-order valence-corrected chi connectivity index (χ2v) is 8.07. The number of thiazole rings is 2. The molecule has 0 saturated heterocycles. The summed E-state index contributed by atoms with van der Waals surface area (Å²) in [6.07, 6.45) is 5.01. The van der Waals surface area contributed by atoms with Gasteiger partial charge in [-0.25, -0.2) is 9.97 Å². The largest absolute Gasteiger partial charge is 0.462 e. The number of carbonyl (C=O) groups excluding carboxylic acids is 1. The minimum atomic E-state index is 0.0727. The van der Waals surface area contributed by atoms with E-state index in [0.717, 1.165) is 49.6 Å². The Bertz CT molecular complexity index is 1140. The Morgan fingerprint density at radius 3 is 2.70 bits per heavy atom. The van der Waals surface area contributed by atoms with Gasteiger partial charge in [-0.3, -0.25) is 4.79 Å². The minimum Gasteiger partial charge on any atom is -0.462 e. The van der Waals surface area contributed by atoms with E-state index in [-0.39, 0.29) is 5.78 Å². The number of carbonyl (C=O) groups is 1. The van der Waals surface area contributed by atoms with Crippen molar-refractivity contribution in [3.63, 3.8) is 0 Å². The molecule has 4 nitrogen and oxygen atoms in total. The van der Waals surface area contributed by atoms with Gasteiger partial charge in [-0.05, 0) is 31.1 Å². The van der Waals surface area contributed by atoms with Crippen LogP contribution in [0.4, 0.5) is 0 Å². The highest BCUT2D eigenvalue weighted by Gasteiger charge is 2.26. The molecule has 6 heteroatoms. The number of furan rings is 1. The van der Waals surface area contributed by atoms with Gasteiger partial charge in [-0.15, -0.1) is 22.7 Å². The first-order valence-corrected chi connectivity index (χ1v) is 10.3. The molecule has 0 N–H and O–H groups in total. The highest BCUT2D eigenvalue weighted by molar-refractivity contribution is 7.17. The lowest BCUT2D eigenvalue weighted by Crippen LogP contribution is -2.12. The standard InChI is InChI=1S/C21H14N2O2S2/c24-18-14(11-15-12-26-21(22-15)17-7-4-10-25-17)8-9-16-19(18)27-20(23-16)13-5-2-1-3-6-13/h1-7,10-12H,8-9H2. The van der Waals surface area contributed by atoms with Gasteiger partial charge in [-0.1, -0.05) is 30.3 Å². The van der Waals surface area contributed by atoms with Gasteiger partial charge >= 0.3 is 0 Å². The fourth-order valence-corrected chi connectivity index (χ4v) is 4.93. The van der Waals surface area contributed by atoms with Gasteiger partial charge in [0.1, 0.15) is 5.01 Å². The lowest BCUT2D eigenvalue weighted by molar-refractivity contribution is 0.103. The van der Waals surface area contributed by atoms with Crippen LogP contribution in [0.3, 0.4) is 0 Å². The normalized spacial score (nSPS) is 15.3. The Morgan fingerprint density at radius 1 is 1.00 bits per heavy atom. The van der Waals surface area contributed by atoms with Crippen LogP contribution in [0.5, 0.6) is 0 Å². The number of rotatable bonds is 3. The Hall–Kier alpha value is -2.83. The molecule has 5 rings (SSSR count). The van der Waals surface area contributed by atoms with Crippen molar-refractivity contribution in [3.8, 4) is 21.3 Å². The molecule has 0 aliphatic heterocycles. The van der Waals surface area contributed by atoms with Gasteiger partial charge < -0.3 is 4.42 Å². The lowest BCUT2D eigenvalue weighted by Gasteiger charge is -2.11. The lowest BCUT2D eigenvalue weighted by atomic mass is 9.95. The van der Waals surface area contributed by atoms with Gasteiger partial charge in [-0.2, -0.15) is 0 Å². The molecule has 27 heavy (non-hydrogen) atoms. The molecule has 0 bridgehead atoms. The summed E-state index contributed by atoms with van der Waals surface area (Å²) >= 11 is 2.99.